The second kappa shape index (κ2) is 14.4. The summed E-state index contributed by atoms with van der Waals surface area (Å²) in [6.45, 7) is 7.29. The van der Waals surface area contributed by atoms with Crippen molar-refractivity contribution in [2.24, 2.45) is 5.92 Å². The number of rotatable bonds is 13. The van der Waals surface area contributed by atoms with E-state index in [1.807, 2.05) is 20.8 Å². The highest BCUT2D eigenvalue weighted by Crippen LogP contribution is 2.35. The Hall–Kier alpha value is -3.76. The van der Waals surface area contributed by atoms with Gasteiger partial charge >= 0.3 is 0 Å². The minimum Gasteiger partial charge on any atom is -0.497 e. The number of hydrogen-bond acceptors (Lipinski definition) is 6. The molecule has 0 aromatic heterocycles. The smallest absolute Gasteiger partial charge is 0.264 e. The third-order valence-corrected chi connectivity index (χ3v) is 8.67. The van der Waals surface area contributed by atoms with Crippen molar-refractivity contribution >= 4 is 39.1 Å². The summed E-state index contributed by atoms with van der Waals surface area (Å²) in [5.41, 5.74) is 1.71. The number of methoxy groups -OCH3 is 2. The van der Waals surface area contributed by atoms with Crippen LogP contribution in [0.1, 0.15) is 31.9 Å². The zero-order valence-electron chi connectivity index (χ0n) is 24.8. The number of carbonyl (C=O) groups excluding carboxylic acids is 2. The van der Waals surface area contributed by atoms with Crippen molar-refractivity contribution in [1.82, 2.24) is 10.2 Å². The number of sulfonamides is 1. The van der Waals surface area contributed by atoms with Gasteiger partial charge in [0.15, 0.2) is 0 Å². The molecule has 0 saturated heterocycles. The van der Waals surface area contributed by atoms with Crippen molar-refractivity contribution in [2.75, 3.05) is 31.6 Å². The summed E-state index contributed by atoms with van der Waals surface area (Å²) in [4.78, 5) is 28.6. The zero-order valence-corrected chi connectivity index (χ0v) is 26.3. The third-order valence-electron chi connectivity index (χ3n) is 6.66. The van der Waals surface area contributed by atoms with Gasteiger partial charge in [-0.2, -0.15) is 0 Å². The van der Waals surface area contributed by atoms with Crippen molar-refractivity contribution in [3.63, 3.8) is 0 Å². The van der Waals surface area contributed by atoms with Crippen molar-refractivity contribution in [3.05, 3.63) is 82.9 Å². The third kappa shape index (κ3) is 8.17. The van der Waals surface area contributed by atoms with E-state index in [1.54, 1.807) is 56.5 Å². The summed E-state index contributed by atoms with van der Waals surface area (Å²) in [5, 5.41) is 3.13. The first-order valence-corrected chi connectivity index (χ1v) is 15.3. The maximum atomic E-state index is 14.1. The van der Waals surface area contributed by atoms with Crippen LogP contribution in [-0.2, 0) is 26.2 Å². The largest absolute Gasteiger partial charge is 0.497 e. The number of halogens is 1. The molecule has 0 bridgehead atoms. The molecule has 0 aliphatic carbocycles. The molecular weight excluding hydrogens is 578 g/mol. The molecule has 9 nitrogen and oxygen atoms in total. The first-order valence-electron chi connectivity index (χ1n) is 13.5. The predicted molar refractivity (Wildman–Crippen MR) is 165 cm³/mol. The highest BCUT2D eigenvalue weighted by Gasteiger charge is 2.34. The lowest BCUT2D eigenvalue weighted by Crippen LogP contribution is -2.51. The number of amides is 2. The molecule has 3 aromatic rings. The first kappa shape index (κ1) is 32.8. The quantitative estimate of drug-likeness (QED) is 0.289. The molecule has 226 valence electrons. The number of hydrogen-bond donors (Lipinski definition) is 1. The Morgan fingerprint density at radius 2 is 1.57 bits per heavy atom. The van der Waals surface area contributed by atoms with Crippen LogP contribution in [0.5, 0.6) is 11.5 Å². The Morgan fingerprint density at radius 3 is 2.14 bits per heavy atom. The van der Waals surface area contributed by atoms with Crippen LogP contribution in [0.4, 0.5) is 5.69 Å². The van der Waals surface area contributed by atoms with Crippen molar-refractivity contribution in [3.8, 4) is 11.5 Å². The molecule has 11 heteroatoms. The molecule has 3 aromatic carbocycles. The number of ether oxygens (including phenoxy) is 2. The van der Waals surface area contributed by atoms with Crippen LogP contribution in [0.25, 0.3) is 0 Å². The van der Waals surface area contributed by atoms with Gasteiger partial charge in [-0.15, -0.1) is 0 Å². The van der Waals surface area contributed by atoms with Gasteiger partial charge in [-0.25, -0.2) is 8.42 Å². The van der Waals surface area contributed by atoms with E-state index in [4.69, 9.17) is 21.1 Å². The molecule has 0 radical (unpaired) electrons. The molecule has 42 heavy (non-hydrogen) atoms. The van der Waals surface area contributed by atoms with Crippen LogP contribution in [-0.4, -0.2) is 58.5 Å². The van der Waals surface area contributed by atoms with E-state index in [-0.39, 0.29) is 39.7 Å². The van der Waals surface area contributed by atoms with Gasteiger partial charge in [0.1, 0.15) is 24.1 Å². The minimum atomic E-state index is -4.27. The standard InChI is InChI=1S/C31H38ClN3O6S/c1-21(2)18-33-31(37)23(4)34(19-24-9-12-26(40-5)13-10-24)30(36)20-35(28-17-25(32)11-16-29(28)41-6)42(38,39)27-14-7-22(3)8-15-27/h7-17,21,23H,18-20H2,1-6H3,(H,33,37)/t23-/m1/s1. The number of benzene rings is 3. The lowest BCUT2D eigenvalue weighted by Gasteiger charge is -2.32. The summed E-state index contributed by atoms with van der Waals surface area (Å²) < 4.78 is 39.8. The average molecular weight is 616 g/mol. The monoisotopic (exact) mass is 615 g/mol. The maximum absolute atomic E-state index is 14.1. The van der Waals surface area contributed by atoms with Gasteiger partial charge in [0.2, 0.25) is 11.8 Å². The van der Waals surface area contributed by atoms with Crippen molar-refractivity contribution in [1.29, 1.82) is 0 Å². The Kier molecular flexibility index (Phi) is 11.2. The van der Waals surface area contributed by atoms with Gasteiger partial charge in [0.25, 0.3) is 10.0 Å². The molecule has 0 fully saturated rings. The summed E-state index contributed by atoms with van der Waals surface area (Å²) in [6, 6.07) is 17.1. The molecule has 0 saturated carbocycles. The fourth-order valence-corrected chi connectivity index (χ4v) is 5.75. The van der Waals surface area contributed by atoms with Crippen LogP contribution < -0.4 is 19.1 Å². The average Bonchev–Trinajstić information content (AvgIpc) is 2.97. The molecule has 1 N–H and O–H groups in total. The first-order chi connectivity index (χ1) is 19.9. The normalized spacial score (nSPS) is 12.0. The molecular formula is C31H38ClN3O6S. The summed E-state index contributed by atoms with van der Waals surface area (Å²) in [6.07, 6.45) is 0. The van der Waals surface area contributed by atoms with E-state index in [0.717, 1.165) is 15.4 Å². The van der Waals surface area contributed by atoms with Gasteiger partial charge < -0.3 is 19.7 Å². The SMILES string of the molecule is COc1ccc(CN(C(=O)CN(c2cc(Cl)ccc2OC)S(=O)(=O)c2ccc(C)cc2)[C@H](C)C(=O)NCC(C)C)cc1. The zero-order chi connectivity index (χ0) is 31.0. The number of anilines is 1. The lowest BCUT2D eigenvalue weighted by molar-refractivity contribution is -0.139. The molecule has 1 atom stereocenters. The van der Waals surface area contributed by atoms with Gasteiger partial charge in [0, 0.05) is 18.1 Å². The van der Waals surface area contributed by atoms with E-state index in [1.165, 1.54) is 36.3 Å². The number of aryl methyl sites for hydroxylation is 1. The number of nitrogens with one attached hydrogen (secondary N) is 1. The summed E-state index contributed by atoms with van der Waals surface area (Å²) in [7, 11) is -1.31. The summed E-state index contributed by atoms with van der Waals surface area (Å²) in [5.74, 6) is 0.127. The molecule has 0 heterocycles. The van der Waals surface area contributed by atoms with E-state index >= 15 is 0 Å². The van der Waals surface area contributed by atoms with Crippen LogP contribution in [0.3, 0.4) is 0 Å². The Balaban J connectivity index is 2.07. The molecule has 2 amide bonds. The fourth-order valence-electron chi connectivity index (χ4n) is 4.17. The molecule has 0 aliphatic heterocycles. The predicted octanol–water partition coefficient (Wildman–Crippen LogP) is 5.05. The molecule has 0 spiro atoms. The van der Waals surface area contributed by atoms with Crippen molar-refractivity contribution < 1.29 is 27.5 Å². The minimum absolute atomic E-state index is 0.00708. The van der Waals surface area contributed by atoms with Crippen LogP contribution in [0.2, 0.25) is 5.02 Å². The van der Waals surface area contributed by atoms with E-state index < -0.39 is 28.5 Å². The molecule has 0 unspecified atom stereocenters. The van der Waals surface area contributed by atoms with Gasteiger partial charge in [-0.05, 0) is 67.8 Å². The molecule has 3 rings (SSSR count). The Bertz CT molecular complexity index is 1480. The van der Waals surface area contributed by atoms with E-state index in [9.17, 15) is 18.0 Å². The van der Waals surface area contributed by atoms with Crippen LogP contribution in [0.15, 0.2) is 71.6 Å². The number of nitrogens with zero attached hydrogens (tertiary/aromatic N) is 2. The Labute approximate surface area is 253 Å². The number of carbonyl (C=O) groups is 2. The van der Waals surface area contributed by atoms with Gasteiger partial charge in [-0.1, -0.05) is 55.3 Å². The van der Waals surface area contributed by atoms with E-state index in [0.29, 0.717) is 12.3 Å². The molecule has 0 aliphatic rings. The van der Waals surface area contributed by atoms with Crippen molar-refractivity contribution in [2.45, 2.75) is 45.2 Å². The van der Waals surface area contributed by atoms with Gasteiger partial charge in [0.05, 0.1) is 24.8 Å². The van der Waals surface area contributed by atoms with Gasteiger partial charge in [-0.3, -0.25) is 13.9 Å². The summed E-state index contributed by atoms with van der Waals surface area (Å²) >= 11 is 6.28. The lowest BCUT2D eigenvalue weighted by atomic mass is 10.1. The van der Waals surface area contributed by atoms with E-state index in [2.05, 4.69) is 5.32 Å². The topological polar surface area (TPSA) is 105 Å². The second-order valence-electron chi connectivity index (χ2n) is 10.3. The highest BCUT2D eigenvalue weighted by atomic mass is 35.5. The fraction of sp³-hybridized carbons (Fsp3) is 0.355. The Morgan fingerprint density at radius 1 is 0.929 bits per heavy atom. The highest BCUT2D eigenvalue weighted by molar-refractivity contribution is 7.92. The van der Waals surface area contributed by atoms with Crippen LogP contribution in [0, 0.1) is 12.8 Å². The maximum Gasteiger partial charge on any atom is 0.264 e. The van der Waals surface area contributed by atoms with Crippen LogP contribution >= 0.6 is 11.6 Å². The second-order valence-corrected chi connectivity index (χ2v) is 12.6.